The Balaban J connectivity index is 2.54. The van der Waals surface area contributed by atoms with Crippen molar-refractivity contribution in [2.75, 3.05) is 7.11 Å². The zero-order valence-corrected chi connectivity index (χ0v) is 7.51. The molecule has 2 rings (SSSR count). The lowest BCUT2D eigenvalue weighted by atomic mass is 10.1. The van der Waals surface area contributed by atoms with E-state index >= 15 is 0 Å². The maximum Gasteiger partial charge on any atom is 0.168 e. The Morgan fingerprint density at radius 2 is 2.31 bits per heavy atom. The molecule has 70 valence electrons. The molecule has 3 heteroatoms. The Hall–Kier alpha value is -1.09. The molecule has 13 heavy (non-hydrogen) atoms. The van der Waals surface area contributed by atoms with Gasteiger partial charge in [-0.2, -0.15) is 0 Å². The second-order valence-corrected chi connectivity index (χ2v) is 3.29. The molecule has 2 nitrogen and oxygen atoms in total. The van der Waals surface area contributed by atoms with Crippen molar-refractivity contribution in [1.82, 2.24) is 0 Å². The van der Waals surface area contributed by atoms with E-state index in [9.17, 15) is 4.39 Å². The molecule has 0 unspecified atom stereocenters. The van der Waals surface area contributed by atoms with Gasteiger partial charge in [-0.15, -0.1) is 0 Å². The monoisotopic (exact) mass is 181 g/mol. The molecule has 0 bridgehead atoms. The van der Waals surface area contributed by atoms with Crippen LogP contribution in [0.1, 0.15) is 23.6 Å². The minimum Gasteiger partial charge on any atom is -0.494 e. The molecule has 0 aromatic heterocycles. The second kappa shape index (κ2) is 3.00. The molecule has 2 N–H and O–H groups in total. The summed E-state index contributed by atoms with van der Waals surface area (Å²) in [7, 11) is 1.47. The highest BCUT2D eigenvalue weighted by Crippen LogP contribution is 2.34. The van der Waals surface area contributed by atoms with Crippen LogP contribution in [0, 0.1) is 5.82 Å². The van der Waals surface area contributed by atoms with E-state index in [-0.39, 0.29) is 11.9 Å². The molecule has 0 fully saturated rings. The third-order valence-corrected chi connectivity index (χ3v) is 2.57. The standard InChI is InChI=1S/C10H12FNO/c1-13-9-5-3-6-7(10(9)11)2-4-8(6)12/h3,5,8H,2,4,12H2,1H3/t8-/m0/s1. The predicted octanol–water partition coefficient (Wildman–Crippen LogP) is 1.78. The summed E-state index contributed by atoms with van der Waals surface area (Å²) in [5, 5.41) is 0. The van der Waals surface area contributed by atoms with Crippen LogP contribution in [0.15, 0.2) is 12.1 Å². The van der Waals surface area contributed by atoms with Crippen molar-refractivity contribution < 1.29 is 9.13 Å². The molecule has 1 aromatic rings. The second-order valence-electron chi connectivity index (χ2n) is 3.29. The van der Waals surface area contributed by atoms with E-state index in [4.69, 9.17) is 10.5 Å². The lowest BCUT2D eigenvalue weighted by Gasteiger charge is -2.08. The van der Waals surface area contributed by atoms with Gasteiger partial charge in [0, 0.05) is 6.04 Å². The van der Waals surface area contributed by atoms with E-state index in [2.05, 4.69) is 0 Å². The topological polar surface area (TPSA) is 35.2 Å². The van der Waals surface area contributed by atoms with Gasteiger partial charge in [0.05, 0.1) is 7.11 Å². The van der Waals surface area contributed by atoms with Crippen LogP contribution < -0.4 is 10.5 Å². The third-order valence-electron chi connectivity index (χ3n) is 2.57. The van der Waals surface area contributed by atoms with Crippen molar-refractivity contribution in [3.05, 3.63) is 29.1 Å². The van der Waals surface area contributed by atoms with Gasteiger partial charge in [-0.25, -0.2) is 4.39 Å². The number of methoxy groups -OCH3 is 1. The minimum absolute atomic E-state index is 0.00425. The van der Waals surface area contributed by atoms with Crippen LogP contribution >= 0.6 is 0 Å². The van der Waals surface area contributed by atoms with Gasteiger partial charge in [-0.05, 0) is 30.0 Å². The lowest BCUT2D eigenvalue weighted by molar-refractivity contribution is 0.384. The Kier molecular flexibility index (Phi) is 1.96. The normalized spacial score (nSPS) is 20.1. The molecule has 0 saturated carbocycles. The molecule has 0 aliphatic heterocycles. The van der Waals surface area contributed by atoms with Crippen LogP contribution in [0.4, 0.5) is 4.39 Å². The van der Waals surface area contributed by atoms with Crippen molar-refractivity contribution in [2.45, 2.75) is 18.9 Å². The molecular weight excluding hydrogens is 169 g/mol. The average Bonchev–Trinajstić information content (AvgIpc) is 2.50. The van der Waals surface area contributed by atoms with Gasteiger partial charge in [0.1, 0.15) is 0 Å². The van der Waals surface area contributed by atoms with Gasteiger partial charge in [0.2, 0.25) is 0 Å². The highest BCUT2D eigenvalue weighted by molar-refractivity contribution is 5.42. The van der Waals surface area contributed by atoms with Crippen LogP contribution in [0.25, 0.3) is 0 Å². The average molecular weight is 181 g/mol. The maximum absolute atomic E-state index is 13.6. The Morgan fingerprint density at radius 1 is 1.54 bits per heavy atom. The van der Waals surface area contributed by atoms with Crippen LogP contribution in [0.3, 0.4) is 0 Å². The van der Waals surface area contributed by atoms with Crippen molar-refractivity contribution in [2.24, 2.45) is 5.73 Å². The zero-order valence-electron chi connectivity index (χ0n) is 7.51. The number of fused-ring (bicyclic) bond motifs is 1. The van der Waals surface area contributed by atoms with E-state index in [0.29, 0.717) is 5.75 Å². The lowest BCUT2D eigenvalue weighted by Crippen LogP contribution is -2.05. The number of hydrogen-bond donors (Lipinski definition) is 1. The Bertz CT molecular complexity index is 338. The number of rotatable bonds is 1. The van der Waals surface area contributed by atoms with E-state index in [0.717, 1.165) is 24.0 Å². The summed E-state index contributed by atoms with van der Waals surface area (Å²) in [6.45, 7) is 0. The van der Waals surface area contributed by atoms with E-state index in [1.807, 2.05) is 6.07 Å². The fourth-order valence-corrected chi connectivity index (χ4v) is 1.83. The first-order valence-corrected chi connectivity index (χ1v) is 4.35. The number of halogens is 1. The van der Waals surface area contributed by atoms with Gasteiger partial charge >= 0.3 is 0 Å². The molecule has 0 radical (unpaired) electrons. The molecule has 0 amide bonds. The summed E-state index contributed by atoms with van der Waals surface area (Å²) in [4.78, 5) is 0. The molecule has 0 saturated heterocycles. The highest BCUT2D eigenvalue weighted by Gasteiger charge is 2.23. The molecular formula is C10H12FNO. The summed E-state index contributed by atoms with van der Waals surface area (Å²) in [5.74, 6) is 0.0702. The minimum atomic E-state index is -0.243. The quantitative estimate of drug-likeness (QED) is 0.716. The number of benzene rings is 1. The first-order valence-electron chi connectivity index (χ1n) is 4.35. The SMILES string of the molecule is COc1ccc2c(c1F)CC[C@@H]2N. The van der Waals surface area contributed by atoms with Gasteiger partial charge in [-0.1, -0.05) is 6.07 Å². The van der Waals surface area contributed by atoms with E-state index in [1.165, 1.54) is 7.11 Å². The number of hydrogen-bond acceptors (Lipinski definition) is 2. The van der Waals surface area contributed by atoms with Gasteiger partial charge in [0.25, 0.3) is 0 Å². The van der Waals surface area contributed by atoms with Crippen LogP contribution in [0.2, 0.25) is 0 Å². The van der Waals surface area contributed by atoms with Crippen molar-refractivity contribution >= 4 is 0 Å². The Morgan fingerprint density at radius 3 is 3.00 bits per heavy atom. The molecule has 0 heterocycles. The summed E-state index contributed by atoms with van der Waals surface area (Å²) >= 11 is 0. The fraction of sp³-hybridized carbons (Fsp3) is 0.400. The van der Waals surface area contributed by atoms with E-state index < -0.39 is 0 Å². The van der Waals surface area contributed by atoms with Crippen molar-refractivity contribution in [3.63, 3.8) is 0 Å². The van der Waals surface area contributed by atoms with E-state index in [1.54, 1.807) is 6.07 Å². The molecule has 1 atom stereocenters. The van der Waals surface area contributed by atoms with Crippen molar-refractivity contribution in [3.8, 4) is 5.75 Å². The predicted molar refractivity (Wildman–Crippen MR) is 48.2 cm³/mol. The van der Waals surface area contributed by atoms with Gasteiger partial charge in [-0.3, -0.25) is 0 Å². The largest absolute Gasteiger partial charge is 0.494 e. The summed E-state index contributed by atoms with van der Waals surface area (Å²) < 4.78 is 18.5. The Labute approximate surface area is 76.5 Å². The third kappa shape index (κ3) is 1.20. The zero-order chi connectivity index (χ0) is 9.42. The molecule has 1 aliphatic carbocycles. The van der Waals surface area contributed by atoms with Crippen LogP contribution in [-0.2, 0) is 6.42 Å². The molecule has 0 spiro atoms. The first kappa shape index (κ1) is 8.51. The number of nitrogens with two attached hydrogens (primary N) is 1. The highest BCUT2D eigenvalue weighted by atomic mass is 19.1. The smallest absolute Gasteiger partial charge is 0.168 e. The number of ether oxygens (including phenoxy) is 1. The van der Waals surface area contributed by atoms with Crippen LogP contribution in [-0.4, -0.2) is 7.11 Å². The maximum atomic E-state index is 13.6. The van der Waals surface area contributed by atoms with Gasteiger partial charge in [0.15, 0.2) is 11.6 Å². The van der Waals surface area contributed by atoms with Crippen LogP contribution in [0.5, 0.6) is 5.75 Å². The molecule has 1 aliphatic rings. The summed E-state index contributed by atoms with van der Waals surface area (Å²) in [5.41, 5.74) is 7.46. The summed E-state index contributed by atoms with van der Waals surface area (Å²) in [6.07, 6.45) is 1.55. The summed E-state index contributed by atoms with van der Waals surface area (Å²) in [6, 6.07) is 3.49. The fourth-order valence-electron chi connectivity index (χ4n) is 1.83. The van der Waals surface area contributed by atoms with Crippen molar-refractivity contribution in [1.29, 1.82) is 0 Å². The first-order chi connectivity index (χ1) is 6.24. The van der Waals surface area contributed by atoms with Gasteiger partial charge < -0.3 is 10.5 Å². The molecule has 1 aromatic carbocycles.